The fourth-order valence-electron chi connectivity index (χ4n) is 3.92. The van der Waals surface area contributed by atoms with Gasteiger partial charge in [0.05, 0.1) is 0 Å². The molecule has 2 bridgehead atoms. The highest BCUT2D eigenvalue weighted by Crippen LogP contribution is 2.39. The summed E-state index contributed by atoms with van der Waals surface area (Å²) in [7, 11) is -4.22. The van der Waals surface area contributed by atoms with Gasteiger partial charge in [-0.25, -0.2) is 13.4 Å². The lowest BCUT2D eigenvalue weighted by molar-refractivity contribution is -0.117. The molecule has 4 heterocycles. The zero-order valence-electron chi connectivity index (χ0n) is 14.6. The van der Waals surface area contributed by atoms with E-state index in [1.165, 1.54) is 6.07 Å². The van der Waals surface area contributed by atoms with Gasteiger partial charge < -0.3 is 9.52 Å². The van der Waals surface area contributed by atoms with Crippen molar-refractivity contribution < 1.29 is 27.1 Å². The smallest absolute Gasteiger partial charge is 0.326 e. The van der Waals surface area contributed by atoms with Gasteiger partial charge in [0.25, 0.3) is 5.91 Å². The van der Waals surface area contributed by atoms with Crippen LogP contribution in [0.25, 0.3) is 11.2 Å². The van der Waals surface area contributed by atoms with Crippen molar-refractivity contribution in [3.63, 3.8) is 0 Å². The molecule has 0 atom stereocenters. The summed E-state index contributed by atoms with van der Waals surface area (Å²) in [5.74, 6) is -2.09. The first kappa shape index (κ1) is 17.3. The van der Waals surface area contributed by atoms with Crippen LogP contribution < -0.4 is 9.03 Å². The molecule has 10 heteroatoms. The summed E-state index contributed by atoms with van der Waals surface area (Å²) >= 11 is 0. The van der Waals surface area contributed by atoms with Crippen LogP contribution in [0.2, 0.25) is 0 Å². The number of hydrogen-bond acceptors (Lipinski definition) is 6. The largest absolute Gasteiger partial charge is 0.506 e. The Morgan fingerprint density at radius 2 is 2.07 bits per heavy atom. The number of nitrogens with one attached hydrogen (secondary N) is 1. The van der Waals surface area contributed by atoms with E-state index in [1.807, 2.05) is 23.1 Å². The van der Waals surface area contributed by atoms with Crippen LogP contribution in [0.1, 0.15) is 16.7 Å². The lowest BCUT2D eigenvalue weighted by atomic mass is 9.97. The zero-order chi connectivity index (χ0) is 19.6. The minimum absolute atomic E-state index is 0.257. The van der Waals surface area contributed by atoms with Crippen molar-refractivity contribution in [2.75, 3.05) is 17.4 Å². The number of amides is 1. The molecule has 146 valence electrons. The number of fused-ring (bicyclic) bond motifs is 3. The molecule has 0 unspecified atom stereocenters. The molecule has 1 fully saturated rings. The zero-order valence-corrected chi connectivity index (χ0v) is 15.4. The molecule has 1 amide bonds. The number of aromatic hydroxyl groups is 1. The molecule has 8 nitrogen and oxygen atoms in total. The second-order valence-electron chi connectivity index (χ2n) is 7.07. The quantitative estimate of drug-likeness (QED) is 0.684. The highest BCUT2D eigenvalue weighted by Gasteiger charge is 2.39. The first-order valence-electron chi connectivity index (χ1n) is 8.71. The maximum atomic E-state index is 15.3. The Balaban J connectivity index is 1.49. The molecule has 5 rings (SSSR count). The third-order valence-corrected chi connectivity index (χ3v) is 6.59. The Morgan fingerprint density at radius 1 is 1.25 bits per heavy atom. The second kappa shape index (κ2) is 5.82. The Labute approximate surface area is 159 Å². The van der Waals surface area contributed by atoms with Crippen molar-refractivity contribution in [2.45, 2.75) is 19.5 Å². The number of furan rings is 2. The van der Waals surface area contributed by atoms with E-state index in [4.69, 9.17) is 4.42 Å². The first-order chi connectivity index (χ1) is 13.3. The number of anilines is 1. The molecule has 1 aromatic carbocycles. The van der Waals surface area contributed by atoms with Gasteiger partial charge in [-0.1, -0.05) is 0 Å². The number of rotatable bonds is 3. The maximum absolute atomic E-state index is 15.3. The van der Waals surface area contributed by atoms with Crippen molar-refractivity contribution in [1.29, 1.82) is 0 Å². The SMILES string of the molecule is O=C1CN(c2c(O)cc3c(c2F)CN(Cc2cc4ccc2o4)CC3)S(=O)(=O)N1. The number of phenols is 1. The number of benzene rings is 2. The van der Waals surface area contributed by atoms with Gasteiger partial charge in [-0.15, -0.1) is 0 Å². The summed E-state index contributed by atoms with van der Waals surface area (Å²) in [5, 5.41) is 10.3. The van der Waals surface area contributed by atoms with Crippen LogP contribution in [-0.2, 0) is 34.5 Å². The predicted octanol–water partition coefficient (Wildman–Crippen LogP) is 1.45. The van der Waals surface area contributed by atoms with Crippen LogP contribution in [0.4, 0.5) is 10.1 Å². The van der Waals surface area contributed by atoms with Crippen LogP contribution in [-0.4, -0.2) is 37.4 Å². The van der Waals surface area contributed by atoms with Crippen LogP contribution in [0.3, 0.4) is 0 Å². The summed E-state index contributed by atoms with van der Waals surface area (Å²) in [6, 6.07) is 7.10. The Morgan fingerprint density at radius 3 is 2.71 bits per heavy atom. The van der Waals surface area contributed by atoms with Crippen molar-refractivity contribution in [3.8, 4) is 5.75 Å². The maximum Gasteiger partial charge on any atom is 0.326 e. The number of phenolic OH excluding ortho intramolecular Hbond substituents is 1. The topological polar surface area (TPSA) is 103 Å². The van der Waals surface area contributed by atoms with Crippen LogP contribution >= 0.6 is 0 Å². The molecule has 2 aliphatic heterocycles. The molecule has 2 aliphatic rings. The van der Waals surface area contributed by atoms with Gasteiger partial charge in [-0.05, 0) is 36.2 Å². The fourth-order valence-corrected chi connectivity index (χ4v) is 5.08. The molecule has 0 spiro atoms. The van der Waals surface area contributed by atoms with E-state index in [1.54, 1.807) is 4.72 Å². The van der Waals surface area contributed by atoms with Crippen LogP contribution in [0, 0.1) is 5.82 Å². The number of halogens is 1. The van der Waals surface area contributed by atoms with E-state index >= 15 is 4.39 Å². The summed E-state index contributed by atoms with van der Waals surface area (Å²) in [6.07, 6.45) is 0.514. The molecule has 0 aliphatic carbocycles. The molecule has 2 aromatic heterocycles. The minimum atomic E-state index is -4.22. The number of carbonyl (C=O) groups is 1. The van der Waals surface area contributed by atoms with E-state index in [-0.39, 0.29) is 6.54 Å². The normalized spacial score (nSPS) is 19.3. The van der Waals surface area contributed by atoms with E-state index in [0.717, 1.165) is 16.7 Å². The lowest BCUT2D eigenvalue weighted by Crippen LogP contribution is -2.33. The van der Waals surface area contributed by atoms with Gasteiger partial charge >= 0.3 is 10.2 Å². The highest BCUT2D eigenvalue weighted by atomic mass is 32.2. The van der Waals surface area contributed by atoms with E-state index in [9.17, 15) is 18.3 Å². The summed E-state index contributed by atoms with van der Waals surface area (Å²) in [6.45, 7) is 0.924. The summed E-state index contributed by atoms with van der Waals surface area (Å²) < 4.78 is 47.4. The average molecular weight is 405 g/mol. The van der Waals surface area contributed by atoms with E-state index in [2.05, 4.69) is 0 Å². The number of nitrogens with zero attached hydrogens (tertiary/aromatic N) is 2. The predicted molar refractivity (Wildman–Crippen MR) is 97.7 cm³/mol. The van der Waals surface area contributed by atoms with Crippen molar-refractivity contribution >= 4 is 33.0 Å². The van der Waals surface area contributed by atoms with Gasteiger partial charge in [0.2, 0.25) is 0 Å². The van der Waals surface area contributed by atoms with Crippen molar-refractivity contribution in [1.82, 2.24) is 9.62 Å². The Bertz CT molecular complexity index is 1210. The molecule has 1 saturated heterocycles. The number of carbonyl (C=O) groups excluding carboxylic acids is 1. The third kappa shape index (κ3) is 2.60. The van der Waals surface area contributed by atoms with Gasteiger partial charge in [0.15, 0.2) is 5.82 Å². The van der Waals surface area contributed by atoms with Gasteiger partial charge in [0.1, 0.15) is 29.1 Å². The van der Waals surface area contributed by atoms with E-state index < -0.39 is 39.9 Å². The van der Waals surface area contributed by atoms with Crippen LogP contribution in [0.15, 0.2) is 28.7 Å². The fraction of sp³-hybridized carbons (Fsp3) is 0.278. The molecule has 0 saturated carbocycles. The van der Waals surface area contributed by atoms with Gasteiger partial charge in [-0.2, -0.15) is 8.42 Å². The highest BCUT2D eigenvalue weighted by molar-refractivity contribution is 7.92. The monoisotopic (exact) mass is 405 g/mol. The molecule has 3 aromatic rings. The van der Waals surface area contributed by atoms with Crippen molar-refractivity contribution in [2.24, 2.45) is 0 Å². The standard InChI is InChI=1S/C18H16FN3O5S/c19-17-13-8-21(7-11-5-12-1-2-15(11)27-12)4-3-10(13)6-14(23)18(17)22-9-16(24)20-28(22,25)26/h1-2,5-6,23H,3-4,7-9H2,(H,20,24). The molecule has 0 radical (unpaired) electrons. The molecule has 2 N–H and O–H groups in total. The minimum Gasteiger partial charge on any atom is -0.506 e. The first-order valence-corrected chi connectivity index (χ1v) is 10.2. The lowest BCUT2D eigenvalue weighted by Gasteiger charge is -2.30. The Kier molecular flexibility index (Phi) is 3.59. The average Bonchev–Trinajstić information content (AvgIpc) is 3.30. The summed E-state index contributed by atoms with van der Waals surface area (Å²) in [5.41, 5.74) is 3.06. The van der Waals surface area contributed by atoms with E-state index in [0.29, 0.717) is 34.9 Å². The molecular weight excluding hydrogens is 389 g/mol. The number of hydrogen-bond donors (Lipinski definition) is 2. The van der Waals surface area contributed by atoms with Crippen LogP contribution in [0.5, 0.6) is 5.75 Å². The Hall–Kier alpha value is -2.85. The van der Waals surface area contributed by atoms with Crippen molar-refractivity contribution in [3.05, 3.63) is 46.8 Å². The molecular formula is C18H16FN3O5S. The van der Waals surface area contributed by atoms with Gasteiger partial charge in [0, 0.05) is 30.8 Å². The second-order valence-corrected chi connectivity index (χ2v) is 8.66. The third-order valence-electron chi connectivity index (χ3n) is 5.22. The molecule has 28 heavy (non-hydrogen) atoms. The summed E-state index contributed by atoms with van der Waals surface area (Å²) in [4.78, 5) is 13.5. The van der Waals surface area contributed by atoms with Gasteiger partial charge in [-0.3, -0.25) is 9.69 Å².